The molecule has 1 fully saturated rings. The molecule has 0 bridgehead atoms. The molecule has 1 amide bonds. The zero-order chi connectivity index (χ0) is 15.9. The molecule has 2 heterocycles. The van der Waals surface area contributed by atoms with Gasteiger partial charge in [0.2, 0.25) is 5.91 Å². The average Bonchev–Trinajstić information content (AvgIpc) is 3.05. The van der Waals surface area contributed by atoms with Gasteiger partial charge in [0.25, 0.3) is 0 Å². The highest BCUT2D eigenvalue weighted by Gasteiger charge is 2.37. The van der Waals surface area contributed by atoms with Gasteiger partial charge in [-0.05, 0) is 33.3 Å². The smallest absolute Gasteiger partial charge is 0.223 e. The van der Waals surface area contributed by atoms with E-state index in [9.17, 15) is 4.79 Å². The summed E-state index contributed by atoms with van der Waals surface area (Å²) in [5, 5.41) is 0. The minimum absolute atomic E-state index is 0.128. The number of benzene rings is 1. The first-order chi connectivity index (χ1) is 10.4. The molecule has 0 radical (unpaired) electrons. The second kappa shape index (κ2) is 5.27. The van der Waals surface area contributed by atoms with Gasteiger partial charge in [-0.2, -0.15) is 0 Å². The third-order valence-corrected chi connectivity index (χ3v) is 4.35. The van der Waals surface area contributed by atoms with Crippen molar-refractivity contribution in [3.05, 3.63) is 41.9 Å². The van der Waals surface area contributed by atoms with Crippen LogP contribution in [0.5, 0.6) is 0 Å². The first-order valence-corrected chi connectivity index (χ1v) is 7.77. The van der Waals surface area contributed by atoms with Gasteiger partial charge in [-0.3, -0.25) is 4.79 Å². The first kappa shape index (κ1) is 14.8. The van der Waals surface area contributed by atoms with Crippen LogP contribution in [-0.4, -0.2) is 32.9 Å². The summed E-state index contributed by atoms with van der Waals surface area (Å²) in [5.74, 6) is 1.29. The van der Waals surface area contributed by atoms with Crippen LogP contribution in [0.1, 0.15) is 44.5 Å². The topological polar surface area (TPSA) is 49.0 Å². The van der Waals surface area contributed by atoms with Crippen molar-refractivity contribution >= 4 is 5.91 Å². The third-order valence-electron chi connectivity index (χ3n) is 4.35. The Hall–Kier alpha value is -2.10. The number of rotatable bonds is 2. The van der Waals surface area contributed by atoms with Crippen LogP contribution in [0.15, 0.2) is 30.5 Å². The van der Waals surface area contributed by atoms with Crippen LogP contribution < -0.4 is 0 Å². The van der Waals surface area contributed by atoms with E-state index in [1.165, 1.54) is 11.1 Å². The number of aromatic nitrogens is 2. The lowest BCUT2D eigenvalue weighted by Crippen LogP contribution is -2.42. The number of carbonyl (C=O) groups is 1. The molecule has 1 aliphatic rings. The molecule has 1 atom stereocenters. The zero-order valence-electron chi connectivity index (χ0n) is 13.7. The predicted octanol–water partition coefficient (Wildman–Crippen LogP) is 3.50. The Balaban J connectivity index is 1.84. The van der Waals surface area contributed by atoms with Gasteiger partial charge in [-0.1, -0.05) is 24.3 Å². The third kappa shape index (κ3) is 2.65. The molecule has 1 aromatic carbocycles. The Bertz CT molecular complexity index is 696. The van der Waals surface area contributed by atoms with Gasteiger partial charge in [0, 0.05) is 30.0 Å². The summed E-state index contributed by atoms with van der Waals surface area (Å²) in [6.45, 7) is 9.07. The monoisotopic (exact) mass is 297 g/mol. The zero-order valence-corrected chi connectivity index (χ0v) is 13.7. The SMILES string of the molecule is Cc1ccccc1-c1cnc([C@@H]2CC(=O)N(C(C)(C)C)C2)[nH]1. The van der Waals surface area contributed by atoms with Crippen LogP contribution in [0.3, 0.4) is 0 Å². The van der Waals surface area contributed by atoms with E-state index in [4.69, 9.17) is 0 Å². The second-order valence-electron chi connectivity index (χ2n) is 7.07. The Morgan fingerprint density at radius 2 is 2.00 bits per heavy atom. The minimum atomic E-state index is -0.128. The fourth-order valence-corrected chi connectivity index (χ4v) is 3.09. The molecule has 0 aliphatic carbocycles. The predicted molar refractivity (Wildman–Crippen MR) is 87.6 cm³/mol. The number of hydrogen-bond donors (Lipinski definition) is 1. The van der Waals surface area contributed by atoms with E-state index in [0.717, 1.165) is 18.1 Å². The standard InChI is InChI=1S/C18H23N3O/c1-12-7-5-6-8-14(12)15-10-19-17(20-15)13-9-16(22)21(11-13)18(2,3)4/h5-8,10,13H,9,11H2,1-4H3,(H,19,20)/t13-/m1/s1. The number of carbonyl (C=O) groups excluding carboxylic acids is 1. The molecule has 2 aromatic rings. The number of hydrogen-bond acceptors (Lipinski definition) is 2. The van der Waals surface area contributed by atoms with E-state index >= 15 is 0 Å². The molecule has 1 aromatic heterocycles. The molecule has 1 N–H and O–H groups in total. The molecule has 0 spiro atoms. The number of amides is 1. The van der Waals surface area contributed by atoms with Crippen molar-refractivity contribution in [1.29, 1.82) is 0 Å². The summed E-state index contributed by atoms with van der Waals surface area (Å²) >= 11 is 0. The van der Waals surface area contributed by atoms with Crippen LogP contribution in [0, 0.1) is 6.92 Å². The van der Waals surface area contributed by atoms with Gasteiger partial charge in [-0.25, -0.2) is 4.98 Å². The van der Waals surface area contributed by atoms with Crippen LogP contribution in [0.2, 0.25) is 0 Å². The van der Waals surface area contributed by atoms with Crippen molar-refractivity contribution in [2.75, 3.05) is 6.54 Å². The first-order valence-electron chi connectivity index (χ1n) is 7.77. The summed E-state index contributed by atoms with van der Waals surface area (Å²) in [5.41, 5.74) is 3.28. The van der Waals surface area contributed by atoms with Crippen molar-refractivity contribution < 1.29 is 4.79 Å². The van der Waals surface area contributed by atoms with Gasteiger partial charge >= 0.3 is 0 Å². The van der Waals surface area contributed by atoms with Gasteiger partial charge in [0.15, 0.2) is 0 Å². The van der Waals surface area contributed by atoms with Crippen LogP contribution in [0.25, 0.3) is 11.3 Å². The molecule has 4 heteroatoms. The molecule has 1 saturated heterocycles. The van der Waals surface area contributed by atoms with E-state index in [-0.39, 0.29) is 17.4 Å². The number of H-pyrrole nitrogens is 1. The maximum atomic E-state index is 12.2. The van der Waals surface area contributed by atoms with Gasteiger partial charge in [0.05, 0.1) is 11.9 Å². The highest BCUT2D eigenvalue weighted by atomic mass is 16.2. The minimum Gasteiger partial charge on any atom is -0.342 e. The van der Waals surface area contributed by atoms with Crippen LogP contribution in [-0.2, 0) is 4.79 Å². The Morgan fingerprint density at radius 3 is 2.64 bits per heavy atom. The fraction of sp³-hybridized carbons (Fsp3) is 0.444. The molecular weight excluding hydrogens is 274 g/mol. The molecular formula is C18H23N3O. The number of aromatic amines is 1. The van der Waals surface area contributed by atoms with Crippen molar-refractivity contribution in [2.24, 2.45) is 0 Å². The van der Waals surface area contributed by atoms with Crippen LogP contribution >= 0.6 is 0 Å². The number of nitrogens with one attached hydrogen (secondary N) is 1. The Labute approximate surface area is 131 Å². The Morgan fingerprint density at radius 1 is 1.27 bits per heavy atom. The molecule has 1 aliphatic heterocycles. The molecule has 0 saturated carbocycles. The molecule has 4 nitrogen and oxygen atoms in total. The van der Waals surface area contributed by atoms with Crippen molar-refractivity contribution in [1.82, 2.24) is 14.9 Å². The van der Waals surface area contributed by atoms with E-state index in [2.05, 4.69) is 49.8 Å². The fourth-order valence-electron chi connectivity index (χ4n) is 3.09. The highest BCUT2D eigenvalue weighted by molar-refractivity contribution is 5.80. The van der Waals surface area contributed by atoms with Crippen molar-refractivity contribution in [3.63, 3.8) is 0 Å². The summed E-state index contributed by atoms with van der Waals surface area (Å²) in [6.07, 6.45) is 2.42. The maximum absolute atomic E-state index is 12.2. The number of likely N-dealkylation sites (tertiary alicyclic amines) is 1. The van der Waals surface area contributed by atoms with E-state index in [0.29, 0.717) is 6.42 Å². The lowest BCUT2D eigenvalue weighted by atomic mass is 10.1. The normalized spacial score (nSPS) is 19.0. The largest absolute Gasteiger partial charge is 0.342 e. The summed E-state index contributed by atoms with van der Waals surface area (Å²) in [4.78, 5) is 22.1. The summed E-state index contributed by atoms with van der Waals surface area (Å²) in [7, 11) is 0. The number of aryl methyl sites for hydroxylation is 1. The maximum Gasteiger partial charge on any atom is 0.223 e. The summed E-state index contributed by atoms with van der Waals surface area (Å²) in [6, 6.07) is 8.25. The van der Waals surface area contributed by atoms with Gasteiger partial charge < -0.3 is 9.88 Å². The van der Waals surface area contributed by atoms with Crippen LogP contribution in [0.4, 0.5) is 0 Å². The Kier molecular flexibility index (Phi) is 3.55. The average molecular weight is 297 g/mol. The highest BCUT2D eigenvalue weighted by Crippen LogP contribution is 2.32. The quantitative estimate of drug-likeness (QED) is 0.922. The van der Waals surface area contributed by atoms with E-state index in [1.54, 1.807) is 0 Å². The second-order valence-corrected chi connectivity index (χ2v) is 7.07. The van der Waals surface area contributed by atoms with Crippen molar-refractivity contribution in [2.45, 2.75) is 45.6 Å². The number of nitrogens with zero attached hydrogens (tertiary/aromatic N) is 2. The van der Waals surface area contributed by atoms with Gasteiger partial charge in [-0.15, -0.1) is 0 Å². The number of imidazole rings is 1. The molecule has 0 unspecified atom stereocenters. The van der Waals surface area contributed by atoms with Gasteiger partial charge in [0.1, 0.15) is 5.82 Å². The lowest BCUT2D eigenvalue weighted by molar-refractivity contribution is -0.131. The molecule has 3 rings (SSSR count). The molecule has 22 heavy (non-hydrogen) atoms. The van der Waals surface area contributed by atoms with Crippen molar-refractivity contribution in [3.8, 4) is 11.3 Å². The summed E-state index contributed by atoms with van der Waals surface area (Å²) < 4.78 is 0. The van der Waals surface area contributed by atoms with E-state index in [1.807, 2.05) is 23.2 Å². The molecule has 116 valence electrons. The lowest BCUT2D eigenvalue weighted by Gasteiger charge is -2.31. The van der Waals surface area contributed by atoms with E-state index < -0.39 is 0 Å².